The van der Waals surface area contributed by atoms with E-state index in [9.17, 15) is 14.0 Å². The molecule has 1 saturated carbocycles. The van der Waals surface area contributed by atoms with E-state index < -0.39 is 0 Å². The number of hydrogen-bond donors (Lipinski definition) is 0. The zero-order valence-corrected chi connectivity index (χ0v) is 20.6. The number of halogens is 1. The van der Waals surface area contributed by atoms with E-state index in [4.69, 9.17) is 4.74 Å². The van der Waals surface area contributed by atoms with Crippen molar-refractivity contribution in [3.8, 4) is 5.75 Å². The summed E-state index contributed by atoms with van der Waals surface area (Å²) in [6, 6.07) is 6.53. The molecule has 2 amide bonds. The van der Waals surface area contributed by atoms with Crippen molar-refractivity contribution in [2.24, 2.45) is 5.92 Å². The number of ether oxygens (including phenoxy) is 1. The van der Waals surface area contributed by atoms with Gasteiger partial charge in [-0.05, 0) is 51.2 Å². The van der Waals surface area contributed by atoms with Gasteiger partial charge in [-0.2, -0.15) is 0 Å². The Kier molecular flexibility index (Phi) is 8.42. The molecule has 2 aliphatic heterocycles. The minimum Gasteiger partial charge on any atom is -0.490 e. The highest BCUT2D eigenvalue weighted by molar-refractivity contribution is 5.79. The topological polar surface area (TPSA) is 56.3 Å². The molecule has 2 atom stereocenters. The molecule has 2 heterocycles. The second kappa shape index (κ2) is 11.5. The van der Waals surface area contributed by atoms with Crippen LogP contribution >= 0.6 is 0 Å². The largest absolute Gasteiger partial charge is 0.490 e. The molecule has 188 valence electrons. The predicted octanol–water partition coefficient (Wildman–Crippen LogP) is 2.46. The average Bonchev–Trinajstić information content (AvgIpc) is 3.37. The summed E-state index contributed by atoms with van der Waals surface area (Å²) >= 11 is 0. The Morgan fingerprint density at radius 2 is 1.65 bits per heavy atom. The van der Waals surface area contributed by atoms with Crippen molar-refractivity contribution in [2.75, 3.05) is 59.9 Å². The van der Waals surface area contributed by atoms with Crippen molar-refractivity contribution in [2.45, 2.75) is 50.7 Å². The van der Waals surface area contributed by atoms with E-state index in [-0.39, 0.29) is 29.7 Å². The Morgan fingerprint density at radius 3 is 2.32 bits per heavy atom. The van der Waals surface area contributed by atoms with Crippen LogP contribution < -0.4 is 4.74 Å². The van der Waals surface area contributed by atoms with E-state index in [1.54, 1.807) is 12.1 Å². The van der Waals surface area contributed by atoms with Crippen LogP contribution in [0.5, 0.6) is 5.75 Å². The number of hydrogen-bond acceptors (Lipinski definition) is 5. The van der Waals surface area contributed by atoms with E-state index in [1.165, 1.54) is 37.8 Å². The monoisotopic (exact) mass is 474 g/mol. The summed E-state index contributed by atoms with van der Waals surface area (Å²) in [6.45, 7) is 4.78. The first kappa shape index (κ1) is 24.9. The Labute approximate surface area is 202 Å². The maximum atomic E-state index is 13.3. The quantitative estimate of drug-likeness (QED) is 0.608. The maximum Gasteiger partial charge on any atom is 0.236 e. The Hall–Kier alpha value is -2.19. The van der Waals surface area contributed by atoms with Crippen molar-refractivity contribution < 1.29 is 18.7 Å². The first-order chi connectivity index (χ1) is 16.4. The number of piperazine rings is 1. The second-order valence-corrected chi connectivity index (χ2v) is 10.2. The van der Waals surface area contributed by atoms with Crippen LogP contribution in [0.2, 0.25) is 0 Å². The molecule has 0 aromatic heterocycles. The van der Waals surface area contributed by atoms with Gasteiger partial charge >= 0.3 is 0 Å². The third kappa shape index (κ3) is 6.48. The van der Waals surface area contributed by atoms with Gasteiger partial charge in [0.25, 0.3) is 0 Å². The van der Waals surface area contributed by atoms with Crippen molar-refractivity contribution >= 4 is 11.8 Å². The first-order valence-electron chi connectivity index (χ1n) is 12.8. The van der Waals surface area contributed by atoms with Gasteiger partial charge in [-0.25, -0.2) is 4.39 Å². The molecular weight excluding hydrogens is 435 g/mol. The van der Waals surface area contributed by atoms with Gasteiger partial charge in [0.05, 0.1) is 6.54 Å². The Bertz CT molecular complexity index is 822. The van der Waals surface area contributed by atoms with Gasteiger partial charge in [-0.1, -0.05) is 12.8 Å². The SMILES string of the molecule is CN1CCN(C(=O)C[C@H]2CN(C(=O)CN(C)C3CCCC3)CC[C@@H]2Oc2ccc(F)cc2)CC1. The molecule has 1 aliphatic carbocycles. The van der Waals surface area contributed by atoms with Crippen LogP contribution in [-0.2, 0) is 9.59 Å². The van der Waals surface area contributed by atoms with Crippen LogP contribution in [0.3, 0.4) is 0 Å². The van der Waals surface area contributed by atoms with Crippen LogP contribution in [0.15, 0.2) is 24.3 Å². The fraction of sp³-hybridized carbons (Fsp3) is 0.692. The summed E-state index contributed by atoms with van der Waals surface area (Å²) in [4.78, 5) is 34.5. The van der Waals surface area contributed by atoms with E-state index >= 15 is 0 Å². The first-order valence-corrected chi connectivity index (χ1v) is 12.8. The maximum absolute atomic E-state index is 13.3. The molecule has 1 aromatic carbocycles. The lowest BCUT2D eigenvalue weighted by Gasteiger charge is -2.40. The van der Waals surface area contributed by atoms with Crippen molar-refractivity contribution in [1.29, 1.82) is 0 Å². The highest BCUT2D eigenvalue weighted by Crippen LogP contribution is 2.28. The summed E-state index contributed by atoms with van der Waals surface area (Å²) in [7, 11) is 4.12. The molecule has 4 rings (SSSR count). The summed E-state index contributed by atoms with van der Waals surface area (Å²) in [5.41, 5.74) is 0. The van der Waals surface area contributed by atoms with Crippen LogP contribution in [0.4, 0.5) is 4.39 Å². The summed E-state index contributed by atoms with van der Waals surface area (Å²) in [6.07, 6.45) is 5.66. The molecule has 0 spiro atoms. The molecule has 7 nitrogen and oxygen atoms in total. The lowest BCUT2D eigenvalue weighted by atomic mass is 9.90. The molecule has 3 fully saturated rings. The number of nitrogens with zero attached hydrogens (tertiary/aromatic N) is 4. The number of piperidine rings is 1. The fourth-order valence-corrected chi connectivity index (χ4v) is 5.47. The van der Waals surface area contributed by atoms with Crippen molar-refractivity contribution in [1.82, 2.24) is 19.6 Å². The normalized spacial score (nSPS) is 24.6. The summed E-state index contributed by atoms with van der Waals surface area (Å²) in [5.74, 6) is 0.465. The zero-order chi connectivity index (χ0) is 24.1. The minimum atomic E-state index is -0.305. The van der Waals surface area contributed by atoms with Crippen LogP contribution in [-0.4, -0.2) is 103 Å². The number of rotatable bonds is 7. The third-order valence-corrected chi connectivity index (χ3v) is 7.74. The van der Waals surface area contributed by atoms with Crippen LogP contribution in [0, 0.1) is 11.7 Å². The van der Waals surface area contributed by atoms with Crippen LogP contribution in [0.25, 0.3) is 0 Å². The van der Waals surface area contributed by atoms with Gasteiger partial charge in [0.15, 0.2) is 0 Å². The predicted molar refractivity (Wildman–Crippen MR) is 129 cm³/mol. The van der Waals surface area contributed by atoms with E-state index in [2.05, 4.69) is 16.8 Å². The van der Waals surface area contributed by atoms with Crippen LogP contribution in [0.1, 0.15) is 38.5 Å². The lowest BCUT2D eigenvalue weighted by molar-refractivity contribution is -0.140. The standard InChI is InChI=1S/C26H39FN4O3/c1-28-13-15-30(16-14-28)25(32)17-20-18-31(26(33)19-29(2)22-5-3-4-6-22)12-11-24(20)34-23-9-7-21(27)8-10-23/h7-10,20,22,24H,3-6,11-19H2,1-2H3/t20-,24-/m0/s1. The number of likely N-dealkylation sites (N-methyl/N-ethyl adjacent to an activating group) is 2. The minimum absolute atomic E-state index is 0.0910. The highest BCUT2D eigenvalue weighted by atomic mass is 19.1. The van der Waals surface area contributed by atoms with E-state index in [1.807, 2.05) is 16.8 Å². The van der Waals surface area contributed by atoms with Gasteiger partial charge in [0, 0.05) is 64.1 Å². The Morgan fingerprint density at radius 1 is 0.971 bits per heavy atom. The molecule has 0 unspecified atom stereocenters. The molecule has 0 bridgehead atoms. The molecule has 0 N–H and O–H groups in total. The average molecular weight is 475 g/mol. The van der Waals surface area contributed by atoms with Gasteiger partial charge in [-0.3, -0.25) is 14.5 Å². The molecule has 0 radical (unpaired) electrons. The molecular formula is C26H39FN4O3. The zero-order valence-electron chi connectivity index (χ0n) is 20.6. The number of carbonyl (C=O) groups excluding carboxylic acids is 2. The molecule has 3 aliphatic rings. The van der Waals surface area contributed by atoms with E-state index in [0.29, 0.717) is 44.3 Å². The number of amides is 2. The fourth-order valence-electron chi connectivity index (χ4n) is 5.47. The highest BCUT2D eigenvalue weighted by Gasteiger charge is 2.36. The van der Waals surface area contributed by atoms with Gasteiger partial charge in [0.1, 0.15) is 17.7 Å². The van der Waals surface area contributed by atoms with Gasteiger partial charge in [-0.15, -0.1) is 0 Å². The molecule has 1 aromatic rings. The number of carbonyl (C=O) groups is 2. The number of benzene rings is 1. The van der Waals surface area contributed by atoms with E-state index in [0.717, 1.165) is 26.2 Å². The second-order valence-electron chi connectivity index (χ2n) is 10.2. The smallest absolute Gasteiger partial charge is 0.236 e. The van der Waals surface area contributed by atoms with Crippen molar-refractivity contribution in [3.63, 3.8) is 0 Å². The van der Waals surface area contributed by atoms with Crippen molar-refractivity contribution in [3.05, 3.63) is 30.1 Å². The number of likely N-dealkylation sites (tertiary alicyclic amines) is 1. The molecule has 34 heavy (non-hydrogen) atoms. The lowest BCUT2D eigenvalue weighted by Crippen LogP contribution is -2.53. The van der Waals surface area contributed by atoms with Gasteiger partial charge in [0.2, 0.25) is 11.8 Å². The molecule has 8 heteroatoms. The molecule has 2 saturated heterocycles. The summed E-state index contributed by atoms with van der Waals surface area (Å²) < 4.78 is 19.6. The van der Waals surface area contributed by atoms with Gasteiger partial charge < -0.3 is 19.4 Å². The summed E-state index contributed by atoms with van der Waals surface area (Å²) in [5, 5.41) is 0. The Balaban J connectivity index is 1.40. The third-order valence-electron chi connectivity index (χ3n) is 7.74.